The summed E-state index contributed by atoms with van der Waals surface area (Å²) in [4.78, 5) is 29.5. The highest BCUT2D eigenvalue weighted by Gasteiger charge is 2.21. The quantitative estimate of drug-likeness (QED) is 0.897. The zero-order chi connectivity index (χ0) is 18.4. The van der Waals surface area contributed by atoms with Gasteiger partial charge in [-0.15, -0.1) is 0 Å². The molecule has 136 valence electrons. The maximum atomic E-state index is 12.1. The molecule has 0 radical (unpaired) electrons. The molecule has 1 saturated heterocycles. The standard InChI is InChI=1S/C20H23N3O3/c1-15(24)23-11-9-17(10-12-23)26-18-7-8-19(21-14-18)22-20(25)13-16-5-3-2-4-6-16/h2-8,14,17H,9-13H2,1H3,(H,21,22,25). The van der Waals surface area contributed by atoms with Crippen molar-refractivity contribution in [1.29, 1.82) is 0 Å². The maximum absolute atomic E-state index is 12.1. The largest absolute Gasteiger partial charge is 0.489 e. The van der Waals surface area contributed by atoms with Crippen molar-refractivity contribution >= 4 is 17.6 Å². The minimum Gasteiger partial charge on any atom is -0.489 e. The Labute approximate surface area is 153 Å². The molecule has 1 N–H and O–H groups in total. The van der Waals surface area contributed by atoms with E-state index in [-0.39, 0.29) is 17.9 Å². The molecule has 1 fully saturated rings. The molecule has 0 atom stereocenters. The van der Waals surface area contributed by atoms with Gasteiger partial charge in [-0.1, -0.05) is 30.3 Å². The predicted molar refractivity (Wildman–Crippen MR) is 98.9 cm³/mol. The number of hydrogen-bond acceptors (Lipinski definition) is 4. The van der Waals surface area contributed by atoms with Gasteiger partial charge in [0.05, 0.1) is 12.6 Å². The number of rotatable bonds is 5. The molecule has 3 rings (SSSR count). The first-order valence-electron chi connectivity index (χ1n) is 8.82. The summed E-state index contributed by atoms with van der Waals surface area (Å²) in [6.45, 7) is 3.04. The Balaban J connectivity index is 1.48. The van der Waals surface area contributed by atoms with Crippen LogP contribution in [-0.2, 0) is 16.0 Å². The molecule has 0 saturated carbocycles. The number of hydrogen-bond donors (Lipinski definition) is 1. The molecule has 1 aromatic heterocycles. The highest BCUT2D eigenvalue weighted by Crippen LogP contribution is 2.19. The average Bonchev–Trinajstić information content (AvgIpc) is 2.64. The Kier molecular flexibility index (Phi) is 5.84. The fraction of sp³-hybridized carbons (Fsp3) is 0.350. The van der Waals surface area contributed by atoms with E-state index in [0.717, 1.165) is 31.5 Å². The van der Waals surface area contributed by atoms with Crippen LogP contribution in [0.1, 0.15) is 25.3 Å². The number of piperidine rings is 1. The minimum atomic E-state index is -0.103. The summed E-state index contributed by atoms with van der Waals surface area (Å²) in [5.41, 5.74) is 0.960. The Hall–Kier alpha value is -2.89. The number of aromatic nitrogens is 1. The lowest BCUT2D eigenvalue weighted by Gasteiger charge is -2.31. The van der Waals surface area contributed by atoms with E-state index in [9.17, 15) is 9.59 Å². The number of carbonyl (C=O) groups excluding carboxylic acids is 2. The van der Waals surface area contributed by atoms with Crippen molar-refractivity contribution in [3.05, 3.63) is 54.2 Å². The zero-order valence-corrected chi connectivity index (χ0v) is 14.9. The van der Waals surface area contributed by atoms with Crippen molar-refractivity contribution in [2.24, 2.45) is 0 Å². The number of nitrogens with zero attached hydrogens (tertiary/aromatic N) is 2. The SMILES string of the molecule is CC(=O)N1CCC(Oc2ccc(NC(=O)Cc3ccccc3)nc2)CC1. The third-order valence-electron chi connectivity index (χ3n) is 4.40. The number of nitrogens with one attached hydrogen (secondary N) is 1. The van der Waals surface area contributed by atoms with Crippen LogP contribution >= 0.6 is 0 Å². The molecular formula is C20H23N3O3. The highest BCUT2D eigenvalue weighted by molar-refractivity contribution is 5.91. The van der Waals surface area contributed by atoms with E-state index in [4.69, 9.17) is 4.74 Å². The first kappa shape index (κ1) is 17.9. The molecule has 2 amide bonds. The first-order valence-corrected chi connectivity index (χ1v) is 8.82. The van der Waals surface area contributed by atoms with Gasteiger partial charge in [0.25, 0.3) is 0 Å². The van der Waals surface area contributed by atoms with E-state index < -0.39 is 0 Å². The summed E-state index contributed by atoms with van der Waals surface area (Å²) < 4.78 is 5.93. The van der Waals surface area contributed by atoms with Gasteiger partial charge in [-0.2, -0.15) is 0 Å². The van der Waals surface area contributed by atoms with Gasteiger partial charge in [-0.3, -0.25) is 9.59 Å². The van der Waals surface area contributed by atoms with Gasteiger partial charge in [0.2, 0.25) is 11.8 Å². The number of ether oxygens (including phenoxy) is 1. The summed E-state index contributed by atoms with van der Waals surface area (Å²) in [6, 6.07) is 13.1. The van der Waals surface area contributed by atoms with Crippen LogP contribution in [0.15, 0.2) is 48.7 Å². The molecule has 1 aliphatic rings. The Morgan fingerprint density at radius 3 is 2.50 bits per heavy atom. The van der Waals surface area contributed by atoms with Crippen LogP contribution in [-0.4, -0.2) is 40.9 Å². The predicted octanol–water partition coefficient (Wildman–Crippen LogP) is 2.65. The maximum Gasteiger partial charge on any atom is 0.229 e. The Bertz CT molecular complexity index is 739. The van der Waals surface area contributed by atoms with Crippen molar-refractivity contribution in [2.45, 2.75) is 32.3 Å². The molecule has 0 spiro atoms. The number of amides is 2. The molecule has 6 nitrogen and oxygen atoms in total. The van der Waals surface area contributed by atoms with Gasteiger partial charge in [0.1, 0.15) is 17.7 Å². The third kappa shape index (κ3) is 5.05. The molecule has 1 aromatic carbocycles. The number of benzene rings is 1. The topological polar surface area (TPSA) is 71.5 Å². The number of carbonyl (C=O) groups is 2. The molecule has 2 aromatic rings. The van der Waals surface area contributed by atoms with Gasteiger partial charge in [0, 0.05) is 32.9 Å². The summed E-state index contributed by atoms with van der Waals surface area (Å²) in [5.74, 6) is 1.19. The molecule has 0 bridgehead atoms. The van der Waals surface area contributed by atoms with Crippen LogP contribution < -0.4 is 10.1 Å². The van der Waals surface area contributed by atoms with Crippen LogP contribution in [0.4, 0.5) is 5.82 Å². The first-order chi connectivity index (χ1) is 12.6. The number of anilines is 1. The fourth-order valence-electron chi connectivity index (χ4n) is 2.97. The average molecular weight is 353 g/mol. The van der Waals surface area contributed by atoms with E-state index in [1.165, 1.54) is 0 Å². The summed E-state index contributed by atoms with van der Waals surface area (Å²) in [7, 11) is 0. The van der Waals surface area contributed by atoms with Crippen molar-refractivity contribution in [2.75, 3.05) is 18.4 Å². The normalized spacial score (nSPS) is 14.7. The second-order valence-corrected chi connectivity index (χ2v) is 6.41. The minimum absolute atomic E-state index is 0.0888. The second kappa shape index (κ2) is 8.47. The zero-order valence-electron chi connectivity index (χ0n) is 14.9. The smallest absolute Gasteiger partial charge is 0.229 e. The molecule has 6 heteroatoms. The molecule has 1 aliphatic heterocycles. The Morgan fingerprint density at radius 1 is 1.15 bits per heavy atom. The van der Waals surface area contributed by atoms with E-state index >= 15 is 0 Å². The lowest BCUT2D eigenvalue weighted by Crippen LogP contribution is -2.40. The van der Waals surface area contributed by atoms with E-state index in [1.54, 1.807) is 19.2 Å². The van der Waals surface area contributed by atoms with E-state index in [0.29, 0.717) is 18.0 Å². The third-order valence-corrected chi connectivity index (χ3v) is 4.40. The molecular weight excluding hydrogens is 330 g/mol. The summed E-state index contributed by atoms with van der Waals surface area (Å²) >= 11 is 0. The second-order valence-electron chi connectivity index (χ2n) is 6.41. The Morgan fingerprint density at radius 2 is 1.88 bits per heavy atom. The lowest BCUT2D eigenvalue weighted by atomic mass is 10.1. The highest BCUT2D eigenvalue weighted by atomic mass is 16.5. The van der Waals surface area contributed by atoms with Crippen LogP contribution in [0.2, 0.25) is 0 Å². The van der Waals surface area contributed by atoms with Crippen molar-refractivity contribution in [1.82, 2.24) is 9.88 Å². The van der Waals surface area contributed by atoms with Crippen molar-refractivity contribution in [3.8, 4) is 5.75 Å². The van der Waals surface area contributed by atoms with Crippen LogP contribution in [0.25, 0.3) is 0 Å². The fourth-order valence-corrected chi connectivity index (χ4v) is 2.97. The van der Waals surface area contributed by atoms with Crippen molar-refractivity contribution in [3.63, 3.8) is 0 Å². The van der Waals surface area contributed by atoms with Gasteiger partial charge < -0.3 is 15.0 Å². The van der Waals surface area contributed by atoms with Crippen LogP contribution in [0, 0.1) is 0 Å². The molecule has 0 aliphatic carbocycles. The van der Waals surface area contributed by atoms with Gasteiger partial charge >= 0.3 is 0 Å². The van der Waals surface area contributed by atoms with Crippen molar-refractivity contribution < 1.29 is 14.3 Å². The van der Waals surface area contributed by atoms with Crippen LogP contribution in [0.5, 0.6) is 5.75 Å². The van der Waals surface area contributed by atoms with Crippen LogP contribution in [0.3, 0.4) is 0 Å². The van der Waals surface area contributed by atoms with Gasteiger partial charge in [-0.25, -0.2) is 4.98 Å². The van der Waals surface area contributed by atoms with Gasteiger partial charge in [-0.05, 0) is 17.7 Å². The summed E-state index contributed by atoms with van der Waals surface area (Å²) in [5, 5.41) is 2.79. The summed E-state index contributed by atoms with van der Waals surface area (Å²) in [6.07, 6.45) is 3.65. The van der Waals surface area contributed by atoms with E-state index in [2.05, 4.69) is 10.3 Å². The van der Waals surface area contributed by atoms with Gasteiger partial charge in [0.15, 0.2) is 0 Å². The monoisotopic (exact) mass is 353 g/mol. The van der Waals surface area contributed by atoms with E-state index in [1.807, 2.05) is 41.3 Å². The molecule has 26 heavy (non-hydrogen) atoms. The number of likely N-dealkylation sites (tertiary alicyclic amines) is 1. The molecule has 2 heterocycles. The molecule has 0 unspecified atom stereocenters. The number of pyridine rings is 1. The lowest BCUT2D eigenvalue weighted by molar-refractivity contribution is -0.130.